The first kappa shape index (κ1) is 17.5. The van der Waals surface area contributed by atoms with Gasteiger partial charge in [-0.15, -0.1) is 0 Å². The minimum Gasteiger partial charge on any atom is -0.339 e. The fraction of sp³-hybridized carbons (Fsp3) is 0.389. The molecule has 0 atom stereocenters. The zero-order valence-corrected chi connectivity index (χ0v) is 15.2. The number of amides is 1. The molecule has 132 valence electrons. The van der Waals surface area contributed by atoms with Gasteiger partial charge in [0.05, 0.1) is 16.2 Å². The molecule has 25 heavy (non-hydrogen) atoms. The van der Waals surface area contributed by atoms with Crippen LogP contribution in [0.25, 0.3) is 0 Å². The van der Waals surface area contributed by atoms with Crippen LogP contribution in [0.15, 0.2) is 41.6 Å². The third-order valence-electron chi connectivity index (χ3n) is 4.61. The van der Waals surface area contributed by atoms with Gasteiger partial charge in [0.15, 0.2) is 9.84 Å². The van der Waals surface area contributed by atoms with Gasteiger partial charge < -0.3 is 4.90 Å². The van der Waals surface area contributed by atoms with Crippen molar-refractivity contribution in [3.63, 3.8) is 0 Å². The van der Waals surface area contributed by atoms with Crippen LogP contribution < -0.4 is 0 Å². The summed E-state index contributed by atoms with van der Waals surface area (Å²) in [7, 11) is -3.31. The summed E-state index contributed by atoms with van der Waals surface area (Å²) in [5, 5.41) is 0. The van der Waals surface area contributed by atoms with Crippen molar-refractivity contribution < 1.29 is 13.2 Å². The van der Waals surface area contributed by atoms with Crippen LogP contribution in [0.1, 0.15) is 40.5 Å². The first-order chi connectivity index (χ1) is 11.9. The Balaban J connectivity index is 1.75. The van der Waals surface area contributed by atoms with E-state index in [-0.39, 0.29) is 11.8 Å². The Morgan fingerprint density at radius 1 is 1.12 bits per heavy atom. The Hall–Kier alpha value is -2.28. The third-order valence-corrected chi connectivity index (χ3v) is 5.75. The Kier molecular flexibility index (Phi) is 4.85. The highest BCUT2D eigenvalue weighted by Gasteiger charge is 2.29. The number of aryl methyl sites for hydroxylation is 1. The average Bonchev–Trinajstić information content (AvgIpc) is 2.61. The monoisotopic (exact) mass is 359 g/mol. The van der Waals surface area contributed by atoms with Crippen LogP contribution in [0, 0.1) is 6.92 Å². The Morgan fingerprint density at radius 2 is 1.76 bits per heavy atom. The lowest BCUT2D eigenvalue weighted by Gasteiger charge is -2.32. The van der Waals surface area contributed by atoms with Crippen LogP contribution in [0.4, 0.5) is 0 Å². The van der Waals surface area contributed by atoms with Gasteiger partial charge in [0, 0.05) is 43.4 Å². The standard InChI is InChI=1S/C18H21N3O3S/c1-13-15(5-3-9-19-13)18(22)21-11-7-14(8-12-21)17-16(25(2,23)24)6-4-10-20-17/h3-6,9-10,14H,7-8,11-12H2,1-2H3. The van der Waals surface area contributed by atoms with Crippen LogP contribution in [0.5, 0.6) is 0 Å². The number of sulfone groups is 1. The quantitative estimate of drug-likeness (QED) is 0.839. The second-order valence-corrected chi connectivity index (χ2v) is 8.35. The number of piperidine rings is 1. The number of nitrogens with zero attached hydrogens (tertiary/aromatic N) is 3. The van der Waals surface area contributed by atoms with E-state index in [1.54, 1.807) is 36.7 Å². The summed E-state index contributed by atoms with van der Waals surface area (Å²) < 4.78 is 24.0. The summed E-state index contributed by atoms with van der Waals surface area (Å²) in [4.78, 5) is 23.3. The van der Waals surface area contributed by atoms with E-state index in [1.807, 2.05) is 11.8 Å². The van der Waals surface area contributed by atoms with Gasteiger partial charge >= 0.3 is 0 Å². The lowest BCUT2D eigenvalue weighted by Crippen LogP contribution is -2.38. The number of hydrogen-bond donors (Lipinski definition) is 0. The summed E-state index contributed by atoms with van der Waals surface area (Å²) >= 11 is 0. The first-order valence-corrected chi connectivity index (χ1v) is 10.1. The Morgan fingerprint density at radius 3 is 2.40 bits per heavy atom. The van der Waals surface area contributed by atoms with Crippen molar-refractivity contribution in [2.24, 2.45) is 0 Å². The predicted octanol–water partition coefficient (Wildman–Crippen LogP) is 2.21. The highest BCUT2D eigenvalue weighted by Crippen LogP contribution is 2.31. The molecule has 0 aliphatic carbocycles. The number of hydrogen-bond acceptors (Lipinski definition) is 5. The van der Waals surface area contributed by atoms with E-state index in [9.17, 15) is 13.2 Å². The number of pyridine rings is 2. The number of carbonyl (C=O) groups is 1. The van der Waals surface area contributed by atoms with Gasteiger partial charge in [0.25, 0.3) is 5.91 Å². The SMILES string of the molecule is Cc1ncccc1C(=O)N1CCC(c2ncccc2S(C)(=O)=O)CC1. The van der Waals surface area contributed by atoms with Gasteiger partial charge in [-0.1, -0.05) is 0 Å². The second kappa shape index (κ2) is 6.92. The van der Waals surface area contributed by atoms with E-state index in [2.05, 4.69) is 9.97 Å². The maximum Gasteiger partial charge on any atom is 0.255 e. The summed E-state index contributed by atoms with van der Waals surface area (Å²) in [6.45, 7) is 2.99. The molecule has 1 aliphatic rings. The molecule has 0 aromatic carbocycles. The van der Waals surface area contributed by atoms with E-state index in [0.717, 1.165) is 5.69 Å². The van der Waals surface area contributed by atoms with Crippen molar-refractivity contribution in [3.05, 3.63) is 53.6 Å². The Labute approximate surface area is 147 Å². The van der Waals surface area contributed by atoms with Gasteiger partial charge in [-0.05, 0) is 44.0 Å². The van der Waals surface area contributed by atoms with Gasteiger partial charge in [-0.25, -0.2) is 8.42 Å². The molecule has 0 radical (unpaired) electrons. The van der Waals surface area contributed by atoms with Gasteiger partial charge in [0.1, 0.15) is 0 Å². The van der Waals surface area contributed by atoms with Crippen molar-refractivity contribution in [1.82, 2.24) is 14.9 Å². The predicted molar refractivity (Wildman–Crippen MR) is 94.2 cm³/mol. The molecular weight excluding hydrogens is 338 g/mol. The van der Waals surface area contributed by atoms with E-state index in [1.165, 1.54) is 6.26 Å². The molecule has 0 N–H and O–H groups in total. The number of rotatable bonds is 3. The summed E-state index contributed by atoms with van der Waals surface area (Å²) in [6.07, 6.45) is 5.90. The van der Waals surface area contributed by atoms with Crippen LogP contribution in [0.2, 0.25) is 0 Å². The maximum absolute atomic E-state index is 12.7. The van der Waals surface area contributed by atoms with E-state index >= 15 is 0 Å². The van der Waals surface area contributed by atoms with Crippen LogP contribution in [-0.4, -0.2) is 48.5 Å². The smallest absolute Gasteiger partial charge is 0.255 e. The fourth-order valence-corrected chi connectivity index (χ4v) is 4.18. The maximum atomic E-state index is 12.7. The molecule has 0 saturated carbocycles. The first-order valence-electron chi connectivity index (χ1n) is 8.24. The van der Waals surface area contributed by atoms with Crippen LogP contribution >= 0.6 is 0 Å². The zero-order chi connectivity index (χ0) is 18.0. The van der Waals surface area contributed by atoms with E-state index in [0.29, 0.717) is 42.1 Å². The van der Waals surface area contributed by atoms with E-state index in [4.69, 9.17) is 0 Å². The van der Waals surface area contributed by atoms with Crippen molar-refractivity contribution in [1.29, 1.82) is 0 Å². The zero-order valence-electron chi connectivity index (χ0n) is 14.3. The van der Waals surface area contributed by atoms with Crippen LogP contribution in [0.3, 0.4) is 0 Å². The Bertz CT molecular complexity index is 888. The van der Waals surface area contributed by atoms with Crippen molar-refractivity contribution in [2.45, 2.75) is 30.6 Å². The van der Waals surface area contributed by atoms with Crippen LogP contribution in [-0.2, 0) is 9.84 Å². The van der Waals surface area contributed by atoms with Crippen molar-refractivity contribution >= 4 is 15.7 Å². The topological polar surface area (TPSA) is 80.2 Å². The molecule has 1 fully saturated rings. The molecular formula is C18H21N3O3S. The lowest BCUT2D eigenvalue weighted by molar-refractivity contribution is 0.0710. The van der Waals surface area contributed by atoms with Gasteiger partial charge in [0.2, 0.25) is 0 Å². The molecule has 3 rings (SSSR count). The molecule has 0 bridgehead atoms. The fourth-order valence-electron chi connectivity index (χ4n) is 3.26. The summed E-state index contributed by atoms with van der Waals surface area (Å²) in [5.41, 5.74) is 1.96. The average molecular weight is 359 g/mol. The molecule has 0 unspecified atom stereocenters. The highest BCUT2D eigenvalue weighted by molar-refractivity contribution is 7.90. The minimum absolute atomic E-state index is 0.0200. The largest absolute Gasteiger partial charge is 0.339 e. The van der Waals surface area contributed by atoms with Crippen molar-refractivity contribution in [3.8, 4) is 0 Å². The molecule has 3 heterocycles. The third kappa shape index (κ3) is 3.71. The normalized spacial score (nSPS) is 16.0. The molecule has 1 amide bonds. The molecule has 2 aromatic rings. The number of carbonyl (C=O) groups excluding carboxylic acids is 1. The minimum atomic E-state index is -3.31. The van der Waals surface area contributed by atoms with Gasteiger partial charge in [-0.2, -0.15) is 0 Å². The molecule has 1 saturated heterocycles. The van der Waals surface area contributed by atoms with E-state index < -0.39 is 9.84 Å². The molecule has 7 heteroatoms. The number of likely N-dealkylation sites (tertiary alicyclic amines) is 1. The molecule has 0 spiro atoms. The summed E-state index contributed by atoms with van der Waals surface area (Å²) in [6, 6.07) is 6.80. The highest BCUT2D eigenvalue weighted by atomic mass is 32.2. The second-order valence-electron chi connectivity index (χ2n) is 6.36. The lowest BCUT2D eigenvalue weighted by atomic mass is 9.92. The number of aromatic nitrogens is 2. The van der Waals surface area contributed by atoms with Crippen molar-refractivity contribution in [2.75, 3.05) is 19.3 Å². The molecule has 1 aliphatic heterocycles. The van der Waals surface area contributed by atoms with Gasteiger partial charge in [-0.3, -0.25) is 14.8 Å². The molecule has 2 aromatic heterocycles. The molecule has 6 nitrogen and oxygen atoms in total. The summed E-state index contributed by atoms with van der Waals surface area (Å²) in [5.74, 6) is 0.0263.